The summed E-state index contributed by atoms with van der Waals surface area (Å²) in [4.78, 5) is 2.43. The standard InChI is InChI=1S/C13H18BrClN2.ClH/c1-9-7-17(5-4-13(9)16)8-10-2-3-11(14)6-12(10)15;/h2-3,6,9,13H,4-5,7-8,16H2,1H3;1H. The Hall–Kier alpha value is 0.200. The second kappa shape index (κ2) is 7.11. The second-order valence-electron chi connectivity index (χ2n) is 4.90. The third-order valence-corrected chi connectivity index (χ3v) is 4.31. The first kappa shape index (κ1) is 16.3. The first-order valence-electron chi connectivity index (χ1n) is 5.98. The van der Waals surface area contributed by atoms with Crippen molar-refractivity contribution in [3.05, 3.63) is 33.3 Å². The van der Waals surface area contributed by atoms with E-state index in [0.29, 0.717) is 12.0 Å². The molecule has 1 aromatic carbocycles. The fraction of sp³-hybridized carbons (Fsp3) is 0.538. The molecule has 2 N–H and O–H groups in total. The van der Waals surface area contributed by atoms with Gasteiger partial charge in [0.25, 0.3) is 0 Å². The Balaban J connectivity index is 0.00000162. The summed E-state index contributed by atoms with van der Waals surface area (Å²) in [7, 11) is 0. The lowest BCUT2D eigenvalue weighted by atomic mass is 9.94. The molecule has 102 valence electrons. The minimum Gasteiger partial charge on any atom is -0.327 e. The Morgan fingerprint density at radius 1 is 1.50 bits per heavy atom. The summed E-state index contributed by atoms with van der Waals surface area (Å²) in [5.74, 6) is 0.568. The molecule has 1 saturated heterocycles. The lowest BCUT2D eigenvalue weighted by Crippen LogP contribution is -2.45. The minimum atomic E-state index is 0. The molecule has 2 atom stereocenters. The summed E-state index contributed by atoms with van der Waals surface area (Å²) in [5, 5.41) is 0.835. The predicted molar refractivity (Wildman–Crippen MR) is 83.4 cm³/mol. The molecule has 0 spiro atoms. The molecule has 1 heterocycles. The van der Waals surface area contributed by atoms with Gasteiger partial charge >= 0.3 is 0 Å². The van der Waals surface area contributed by atoms with Crippen LogP contribution >= 0.6 is 39.9 Å². The van der Waals surface area contributed by atoms with Crippen LogP contribution in [0.1, 0.15) is 18.9 Å². The smallest absolute Gasteiger partial charge is 0.0462 e. The van der Waals surface area contributed by atoms with Crippen LogP contribution in [0, 0.1) is 5.92 Å². The van der Waals surface area contributed by atoms with Crippen molar-refractivity contribution < 1.29 is 0 Å². The highest BCUT2D eigenvalue weighted by Crippen LogP contribution is 2.24. The zero-order valence-corrected chi connectivity index (χ0v) is 13.6. The van der Waals surface area contributed by atoms with Gasteiger partial charge in [-0.15, -0.1) is 12.4 Å². The first-order chi connectivity index (χ1) is 8.06. The Bertz CT molecular complexity index is 401. The molecule has 1 aliphatic rings. The largest absolute Gasteiger partial charge is 0.327 e. The molecule has 1 fully saturated rings. The van der Waals surface area contributed by atoms with Gasteiger partial charge < -0.3 is 5.73 Å². The average molecular weight is 354 g/mol. The molecule has 0 saturated carbocycles. The van der Waals surface area contributed by atoms with Crippen molar-refractivity contribution in [2.24, 2.45) is 11.7 Å². The van der Waals surface area contributed by atoms with Gasteiger partial charge in [-0.2, -0.15) is 0 Å². The fourth-order valence-electron chi connectivity index (χ4n) is 2.28. The van der Waals surface area contributed by atoms with E-state index in [0.717, 1.165) is 35.6 Å². The summed E-state index contributed by atoms with van der Waals surface area (Å²) in [5.41, 5.74) is 7.22. The van der Waals surface area contributed by atoms with Gasteiger partial charge in [-0.3, -0.25) is 4.90 Å². The predicted octanol–water partition coefficient (Wildman–Crippen LogP) is 3.69. The van der Waals surface area contributed by atoms with Crippen molar-refractivity contribution in [2.75, 3.05) is 13.1 Å². The van der Waals surface area contributed by atoms with Crippen LogP contribution < -0.4 is 5.73 Å². The lowest BCUT2D eigenvalue weighted by Gasteiger charge is -2.35. The number of hydrogen-bond donors (Lipinski definition) is 1. The van der Waals surface area contributed by atoms with Gasteiger partial charge in [-0.05, 0) is 36.6 Å². The second-order valence-corrected chi connectivity index (χ2v) is 6.22. The molecule has 0 radical (unpaired) electrons. The zero-order chi connectivity index (χ0) is 12.4. The van der Waals surface area contributed by atoms with Crippen molar-refractivity contribution in [1.82, 2.24) is 4.90 Å². The van der Waals surface area contributed by atoms with E-state index in [9.17, 15) is 0 Å². The van der Waals surface area contributed by atoms with Crippen LogP contribution in [0.15, 0.2) is 22.7 Å². The Labute approximate surface area is 128 Å². The van der Waals surface area contributed by atoms with E-state index in [1.165, 1.54) is 5.56 Å². The topological polar surface area (TPSA) is 29.3 Å². The van der Waals surface area contributed by atoms with Crippen LogP contribution in [0.25, 0.3) is 0 Å². The number of benzene rings is 1. The van der Waals surface area contributed by atoms with E-state index in [1.54, 1.807) is 0 Å². The highest BCUT2D eigenvalue weighted by molar-refractivity contribution is 9.10. The summed E-state index contributed by atoms with van der Waals surface area (Å²) >= 11 is 9.66. The van der Waals surface area contributed by atoms with E-state index in [1.807, 2.05) is 12.1 Å². The fourth-order valence-corrected chi connectivity index (χ4v) is 3.02. The third kappa shape index (κ3) is 4.10. The molecule has 2 unspecified atom stereocenters. The molecule has 2 nitrogen and oxygen atoms in total. The monoisotopic (exact) mass is 352 g/mol. The summed E-state index contributed by atoms with van der Waals surface area (Å²) in [6.45, 7) is 5.27. The van der Waals surface area contributed by atoms with Crippen LogP contribution in [0.5, 0.6) is 0 Å². The maximum Gasteiger partial charge on any atom is 0.0462 e. The van der Waals surface area contributed by atoms with Crippen molar-refractivity contribution in [3.8, 4) is 0 Å². The maximum atomic E-state index is 6.23. The Morgan fingerprint density at radius 2 is 2.22 bits per heavy atom. The number of rotatable bonds is 2. The van der Waals surface area contributed by atoms with Crippen LogP contribution in [-0.2, 0) is 6.54 Å². The number of halogens is 3. The van der Waals surface area contributed by atoms with Crippen LogP contribution in [0.2, 0.25) is 5.02 Å². The molecule has 1 aliphatic heterocycles. The average Bonchev–Trinajstić information content (AvgIpc) is 2.27. The van der Waals surface area contributed by atoms with E-state index < -0.39 is 0 Å². The molecule has 0 amide bonds. The highest BCUT2D eigenvalue weighted by atomic mass is 79.9. The van der Waals surface area contributed by atoms with Gasteiger partial charge in [0.15, 0.2) is 0 Å². The van der Waals surface area contributed by atoms with E-state index in [2.05, 4.69) is 33.8 Å². The van der Waals surface area contributed by atoms with Gasteiger partial charge in [0.1, 0.15) is 0 Å². The van der Waals surface area contributed by atoms with Crippen molar-refractivity contribution in [2.45, 2.75) is 25.9 Å². The van der Waals surface area contributed by atoms with Crippen molar-refractivity contribution in [3.63, 3.8) is 0 Å². The highest BCUT2D eigenvalue weighted by Gasteiger charge is 2.23. The van der Waals surface area contributed by atoms with Crippen molar-refractivity contribution in [1.29, 1.82) is 0 Å². The zero-order valence-electron chi connectivity index (χ0n) is 10.4. The summed E-state index contributed by atoms with van der Waals surface area (Å²) in [6.07, 6.45) is 1.08. The Morgan fingerprint density at radius 3 is 2.83 bits per heavy atom. The molecule has 1 aromatic rings. The molecular formula is C13H19BrCl2N2. The normalized spacial score (nSPS) is 24.7. The molecule has 2 rings (SSSR count). The van der Waals surface area contributed by atoms with Crippen LogP contribution in [-0.4, -0.2) is 24.0 Å². The van der Waals surface area contributed by atoms with Gasteiger partial charge in [0, 0.05) is 28.6 Å². The van der Waals surface area contributed by atoms with Gasteiger partial charge in [0.05, 0.1) is 0 Å². The van der Waals surface area contributed by atoms with E-state index in [-0.39, 0.29) is 12.4 Å². The lowest BCUT2D eigenvalue weighted by molar-refractivity contribution is 0.158. The van der Waals surface area contributed by atoms with Gasteiger partial charge in [-0.25, -0.2) is 0 Å². The number of nitrogens with zero attached hydrogens (tertiary/aromatic N) is 1. The SMILES string of the molecule is CC1CN(Cc2ccc(Br)cc2Cl)CCC1N.Cl. The molecule has 5 heteroatoms. The van der Waals surface area contributed by atoms with Gasteiger partial charge in [0.2, 0.25) is 0 Å². The van der Waals surface area contributed by atoms with Crippen molar-refractivity contribution >= 4 is 39.9 Å². The maximum absolute atomic E-state index is 6.23. The molecule has 18 heavy (non-hydrogen) atoms. The van der Waals surface area contributed by atoms with E-state index >= 15 is 0 Å². The number of piperidine rings is 1. The molecule has 0 aliphatic carbocycles. The first-order valence-corrected chi connectivity index (χ1v) is 7.15. The quantitative estimate of drug-likeness (QED) is 0.878. The Kier molecular flexibility index (Phi) is 6.42. The number of nitrogens with two attached hydrogens (primary N) is 1. The molecular weight excluding hydrogens is 335 g/mol. The van der Waals surface area contributed by atoms with Crippen LogP contribution in [0.3, 0.4) is 0 Å². The third-order valence-electron chi connectivity index (χ3n) is 3.46. The number of likely N-dealkylation sites (tertiary alicyclic amines) is 1. The molecule has 0 aromatic heterocycles. The number of hydrogen-bond acceptors (Lipinski definition) is 2. The van der Waals surface area contributed by atoms with Gasteiger partial charge in [-0.1, -0.05) is 40.5 Å². The summed E-state index contributed by atoms with van der Waals surface area (Å²) < 4.78 is 1.03. The summed E-state index contributed by atoms with van der Waals surface area (Å²) in [6, 6.07) is 6.44. The molecule has 0 bridgehead atoms. The minimum absolute atomic E-state index is 0. The van der Waals surface area contributed by atoms with Crippen LogP contribution in [0.4, 0.5) is 0 Å². The van der Waals surface area contributed by atoms with E-state index in [4.69, 9.17) is 17.3 Å².